The van der Waals surface area contributed by atoms with Crippen molar-refractivity contribution in [3.8, 4) is 11.1 Å². The molecular weight excluding hydrogens is 308 g/mol. The van der Waals surface area contributed by atoms with Crippen LogP contribution in [-0.2, 0) is 6.18 Å². The van der Waals surface area contributed by atoms with Crippen molar-refractivity contribution in [1.82, 2.24) is 4.98 Å². The lowest BCUT2D eigenvalue weighted by molar-refractivity contribution is -0.137. The number of halogens is 6. The van der Waals surface area contributed by atoms with Crippen molar-refractivity contribution < 1.29 is 26.3 Å². The molecule has 0 saturated carbocycles. The van der Waals surface area contributed by atoms with E-state index in [1.807, 2.05) is 0 Å². The van der Waals surface area contributed by atoms with Crippen LogP contribution in [0.1, 0.15) is 31.0 Å². The monoisotopic (exact) mass is 319 g/mol. The molecule has 0 amide bonds. The predicted octanol–water partition coefficient (Wildman–Crippen LogP) is 5.31. The Morgan fingerprint density at radius 3 is 1.95 bits per heavy atom. The largest absolute Gasteiger partial charge is 0.417 e. The lowest BCUT2D eigenvalue weighted by Gasteiger charge is -2.15. The molecule has 1 aromatic carbocycles. The maximum atomic E-state index is 13.2. The minimum Gasteiger partial charge on any atom is -0.260 e. The second kappa shape index (κ2) is 5.62. The molecule has 1 nitrogen and oxygen atoms in total. The third-order valence-corrected chi connectivity index (χ3v) is 3.12. The molecule has 0 saturated heterocycles. The molecule has 0 aliphatic rings. The maximum Gasteiger partial charge on any atom is 0.417 e. The summed E-state index contributed by atoms with van der Waals surface area (Å²) in [5, 5.41) is 0. The van der Waals surface area contributed by atoms with Crippen LogP contribution in [0, 0.1) is 17.5 Å². The SMILES string of the molecule is CC(C)c1cc(C(F)(F)F)c(-c2cc(F)c(F)c(F)c2)cn1. The Morgan fingerprint density at radius 1 is 0.955 bits per heavy atom. The van der Waals surface area contributed by atoms with Gasteiger partial charge in [0, 0.05) is 17.5 Å². The summed E-state index contributed by atoms with van der Waals surface area (Å²) in [5.41, 5.74) is -1.81. The topological polar surface area (TPSA) is 12.9 Å². The number of rotatable bonds is 2. The van der Waals surface area contributed by atoms with E-state index in [0.717, 1.165) is 12.3 Å². The van der Waals surface area contributed by atoms with Gasteiger partial charge in [-0.05, 0) is 29.7 Å². The Morgan fingerprint density at radius 2 is 1.50 bits per heavy atom. The summed E-state index contributed by atoms with van der Waals surface area (Å²) in [6.45, 7) is 3.33. The first-order valence-corrected chi connectivity index (χ1v) is 6.33. The number of hydrogen-bond acceptors (Lipinski definition) is 1. The van der Waals surface area contributed by atoms with Crippen molar-refractivity contribution in [1.29, 1.82) is 0 Å². The van der Waals surface area contributed by atoms with Gasteiger partial charge in [-0.25, -0.2) is 13.2 Å². The quantitative estimate of drug-likeness (QED) is 0.540. The van der Waals surface area contributed by atoms with Gasteiger partial charge in [0.15, 0.2) is 17.5 Å². The summed E-state index contributed by atoms with van der Waals surface area (Å²) < 4.78 is 78.9. The zero-order valence-corrected chi connectivity index (χ0v) is 11.6. The Bertz CT molecular complexity index is 683. The second-order valence-corrected chi connectivity index (χ2v) is 5.06. The zero-order chi connectivity index (χ0) is 16.7. The molecule has 1 aromatic heterocycles. The molecule has 0 fully saturated rings. The van der Waals surface area contributed by atoms with E-state index in [0.29, 0.717) is 12.1 Å². The molecule has 1 heterocycles. The van der Waals surface area contributed by atoms with Gasteiger partial charge in [-0.15, -0.1) is 0 Å². The molecular formula is C15H11F6N. The van der Waals surface area contributed by atoms with Gasteiger partial charge < -0.3 is 0 Å². The third-order valence-electron chi connectivity index (χ3n) is 3.12. The third kappa shape index (κ3) is 3.08. The van der Waals surface area contributed by atoms with Gasteiger partial charge in [0.1, 0.15) is 0 Å². The number of aromatic nitrogens is 1. The summed E-state index contributed by atoms with van der Waals surface area (Å²) in [7, 11) is 0. The van der Waals surface area contributed by atoms with Crippen LogP contribution >= 0.6 is 0 Å². The van der Waals surface area contributed by atoms with E-state index in [4.69, 9.17) is 0 Å². The van der Waals surface area contributed by atoms with Crippen molar-refractivity contribution >= 4 is 0 Å². The normalized spacial score (nSPS) is 12.0. The number of benzene rings is 1. The number of pyridine rings is 1. The van der Waals surface area contributed by atoms with Crippen LogP contribution < -0.4 is 0 Å². The highest BCUT2D eigenvalue weighted by molar-refractivity contribution is 5.67. The van der Waals surface area contributed by atoms with E-state index in [1.54, 1.807) is 13.8 Å². The molecule has 118 valence electrons. The summed E-state index contributed by atoms with van der Waals surface area (Å²) in [6.07, 6.45) is -3.84. The van der Waals surface area contributed by atoms with Gasteiger partial charge >= 0.3 is 6.18 Å². The summed E-state index contributed by atoms with van der Waals surface area (Å²) >= 11 is 0. The van der Waals surface area contributed by atoms with Gasteiger partial charge in [-0.2, -0.15) is 13.2 Å². The van der Waals surface area contributed by atoms with Gasteiger partial charge in [0.2, 0.25) is 0 Å². The Labute approximate surface area is 122 Å². The minimum atomic E-state index is -4.73. The minimum absolute atomic E-state index is 0.194. The van der Waals surface area contributed by atoms with Crippen LogP contribution in [-0.4, -0.2) is 4.98 Å². The van der Waals surface area contributed by atoms with Crippen molar-refractivity contribution in [2.75, 3.05) is 0 Å². The second-order valence-electron chi connectivity index (χ2n) is 5.06. The van der Waals surface area contributed by atoms with Crippen LogP contribution in [0.3, 0.4) is 0 Å². The fourth-order valence-corrected chi connectivity index (χ4v) is 1.96. The van der Waals surface area contributed by atoms with Crippen molar-refractivity contribution in [3.05, 3.63) is 53.1 Å². The molecule has 0 aliphatic heterocycles. The molecule has 0 bridgehead atoms. The predicted molar refractivity (Wildman–Crippen MR) is 68.6 cm³/mol. The molecule has 0 unspecified atom stereocenters. The van der Waals surface area contributed by atoms with Crippen LogP contribution in [0.4, 0.5) is 26.3 Å². The standard InChI is InChI=1S/C15H11F6N/c1-7(2)13-5-10(15(19,20)21)9(6-22-13)8-3-11(16)14(18)12(17)4-8/h3-7H,1-2H3. The number of alkyl halides is 3. The van der Waals surface area contributed by atoms with E-state index >= 15 is 0 Å². The smallest absolute Gasteiger partial charge is 0.260 e. The highest BCUT2D eigenvalue weighted by atomic mass is 19.4. The summed E-state index contributed by atoms with van der Waals surface area (Å²) in [6, 6.07) is 1.86. The summed E-state index contributed by atoms with van der Waals surface area (Å²) in [5.74, 6) is -5.10. The van der Waals surface area contributed by atoms with E-state index in [1.165, 1.54) is 0 Å². The average molecular weight is 319 g/mol. The van der Waals surface area contributed by atoms with Gasteiger partial charge in [-0.1, -0.05) is 13.8 Å². The van der Waals surface area contributed by atoms with Crippen molar-refractivity contribution in [2.24, 2.45) is 0 Å². The Hall–Kier alpha value is -2.05. The zero-order valence-electron chi connectivity index (χ0n) is 11.6. The van der Waals surface area contributed by atoms with Crippen LogP contribution in [0.5, 0.6) is 0 Å². The first-order valence-electron chi connectivity index (χ1n) is 6.33. The van der Waals surface area contributed by atoms with Gasteiger partial charge in [-0.3, -0.25) is 4.98 Å². The molecule has 0 radical (unpaired) electrons. The lowest BCUT2D eigenvalue weighted by Crippen LogP contribution is -2.10. The number of hydrogen-bond donors (Lipinski definition) is 0. The molecule has 0 spiro atoms. The van der Waals surface area contributed by atoms with Gasteiger partial charge in [0.25, 0.3) is 0 Å². The van der Waals surface area contributed by atoms with Crippen molar-refractivity contribution in [3.63, 3.8) is 0 Å². The molecule has 7 heteroatoms. The molecule has 0 atom stereocenters. The van der Waals surface area contributed by atoms with E-state index in [-0.39, 0.29) is 11.6 Å². The van der Waals surface area contributed by atoms with Crippen LogP contribution in [0.15, 0.2) is 24.4 Å². The summed E-state index contributed by atoms with van der Waals surface area (Å²) in [4.78, 5) is 3.87. The molecule has 0 aliphatic carbocycles. The van der Waals surface area contributed by atoms with E-state index in [2.05, 4.69) is 4.98 Å². The molecule has 2 rings (SSSR count). The molecule has 2 aromatic rings. The average Bonchev–Trinajstić information content (AvgIpc) is 2.42. The highest BCUT2D eigenvalue weighted by Crippen LogP contribution is 2.38. The Balaban J connectivity index is 2.70. The molecule has 22 heavy (non-hydrogen) atoms. The first-order chi connectivity index (χ1) is 10.1. The maximum absolute atomic E-state index is 13.2. The first kappa shape index (κ1) is 16.3. The number of nitrogens with zero attached hydrogens (tertiary/aromatic N) is 1. The van der Waals surface area contributed by atoms with E-state index in [9.17, 15) is 26.3 Å². The van der Waals surface area contributed by atoms with Crippen LogP contribution in [0.2, 0.25) is 0 Å². The van der Waals surface area contributed by atoms with Crippen LogP contribution in [0.25, 0.3) is 11.1 Å². The highest BCUT2D eigenvalue weighted by Gasteiger charge is 2.35. The Kier molecular flexibility index (Phi) is 4.17. The lowest BCUT2D eigenvalue weighted by atomic mass is 9.98. The van der Waals surface area contributed by atoms with E-state index < -0.39 is 40.3 Å². The fraction of sp³-hybridized carbons (Fsp3) is 0.267. The molecule has 0 N–H and O–H groups in total. The van der Waals surface area contributed by atoms with Gasteiger partial charge in [0.05, 0.1) is 5.56 Å². The fourth-order valence-electron chi connectivity index (χ4n) is 1.96. The van der Waals surface area contributed by atoms with Crippen molar-refractivity contribution in [2.45, 2.75) is 25.9 Å².